The van der Waals surface area contributed by atoms with E-state index in [0.717, 1.165) is 11.3 Å². The lowest BCUT2D eigenvalue weighted by Gasteiger charge is -1.99. The first kappa shape index (κ1) is 7.50. The van der Waals surface area contributed by atoms with Gasteiger partial charge in [-0.25, -0.2) is 4.98 Å². The quantitative estimate of drug-likeness (QED) is 0.647. The van der Waals surface area contributed by atoms with E-state index in [4.69, 9.17) is 0 Å². The molecule has 1 heterocycles. The standard InChI is InChI=1S/C10H8NS/c1-8-4-2-3-5-9(8)10-6-12-7-11-10/h2-3,5-7H,1H3. The Bertz CT molecular complexity index is 365. The zero-order chi connectivity index (χ0) is 8.39. The Labute approximate surface area is 75.7 Å². The zero-order valence-electron chi connectivity index (χ0n) is 6.74. The topological polar surface area (TPSA) is 12.9 Å². The van der Waals surface area contributed by atoms with E-state index in [1.807, 2.05) is 17.6 Å². The number of benzene rings is 1. The van der Waals surface area contributed by atoms with E-state index in [9.17, 15) is 0 Å². The van der Waals surface area contributed by atoms with Gasteiger partial charge in [-0.1, -0.05) is 18.2 Å². The fourth-order valence-corrected chi connectivity index (χ4v) is 1.70. The Morgan fingerprint density at radius 3 is 3.08 bits per heavy atom. The van der Waals surface area contributed by atoms with Crippen LogP contribution in [0.25, 0.3) is 11.3 Å². The van der Waals surface area contributed by atoms with Crippen LogP contribution in [0.4, 0.5) is 0 Å². The molecule has 1 aromatic heterocycles. The van der Waals surface area contributed by atoms with Gasteiger partial charge in [0.05, 0.1) is 11.2 Å². The van der Waals surface area contributed by atoms with Gasteiger partial charge in [-0.3, -0.25) is 0 Å². The summed E-state index contributed by atoms with van der Waals surface area (Å²) >= 11 is 1.62. The summed E-state index contributed by atoms with van der Waals surface area (Å²) in [6, 6.07) is 9.13. The maximum absolute atomic E-state index is 4.25. The van der Waals surface area contributed by atoms with Gasteiger partial charge in [0.1, 0.15) is 0 Å². The van der Waals surface area contributed by atoms with Crippen molar-refractivity contribution in [3.8, 4) is 11.3 Å². The van der Waals surface area contributed by atoms with Gasteiger partial charge in [0.15, 0.2) is 0 Å². The third kappa shape index (κ3) is 1.25. The molecule has 0 aliphatic heterocycles. The molecule has 0 atom stereocenters. The minimum Gasteiger partial charge on any atom is -0.245 e. The predicted octanol–water partition coefficient (Wildman–Crippen LogP) is 2.92. The molecule has 1 nitrogen and oxygen atoms in total. The third-order valence-corrected chi connectivity index (χ3v) is 2.36. The maximum atomic E-state index is 4.25. The van der Waals surface area contributed by atoms with Crippen LogP contribution in [0.15, 0.2) is 29.1 Å². The summed E-state index contributed by atoms with van der Waals surface area (Å²) < 4.78 is 0. The van der Waals surface area contributed by atoms with Crippen molar-refractivity contribution in [2.45, 2.75) is 6.92 Å². The molecule has 2 aromatic rings. The second-order valence-electron chi connectivity index (χ2n) is 2.58. The summed E-state index contributed by atoms with van der Waals surface area (Å²) in [5.74, 6) is 0. The number of hydrogen-bond acceptors (Lipinski definition) is 2. The number of aryl methyl sites for hydroxylation is 1. The van der Waals surface area contributed by atoms with Crippen molar-refractivity contribution in [3.63, 3.8) is 0 Å². The van der Waals surface area contributed by atoms with Crippen molar-refractivity contribution in [2.24, 2.45) is 0 Å². The third-order valence-electron chi connectivity index (χ3n) is 1.77. The van der Waals surface area contributed by atoms with E-state index < -0.39 is 0 Å². The number of nitrogens with zero attached hydrogens (tertiary/aromatic N) is 1. The number of rotatable bonds is 1. The highest BCUT2D eigenvalue weighted by Crippen LogP contribution is 2.21. The molecular formula is C10H8NS. The van der Waals surface area contributed by atoms with Gasteiger partial charge in [-0.05, 0) is 18.6 Å². The Kier molecular flexibility index (Phi) is 1.92. The monoisotopic (exact) mass is 174 g/mol. The van der Waals surface area contributed by atoms with E-state index in [2.05, 4.69) is 29.4 Å². The van der Waals surface area contributed by atoms with Crippen LogP contribution in [-0.2, 0) is 0 Å². The van der Waals surface area contributed by atoms with Crippen LogP contribution in [0, 0.1) is 13.0 Å². The van der Waals surface area contributed by atoms with Gasteiger partial charge in [-0.15, -0.1) is 11.3 Å². The van der Waals surface area contributed by atoms with Gasteiger partial charge in [0, 0.05) is 10.9 Å². The predicted molar refractivity (Wildman–Crippen MR) is 51.1 cm³/mol. The summed E-state index contributed by atoms with van der Waals surface area (Å²) in [6.45, 7) is 2.05. The molecule has 1 aromatic carbocycles. The summed E-state index contributed by atoms with van der Waals surface area (Å²) in [4.78, 5) is 4.25. The molecule has 0 aliphatic carbocycles. The van der Waals surface area contributed by atoms with Crippen LogP contribution >= 0.6 is 11.3 Å². The molecule has 1 radical (unpaired) electrons. The van der Waals surface area contributed by atoms with Crippen molar-refractivity contribution in [1.29, 1.82) is 0 Å². The molecule has 0 bridgehead atoms. The molecule has 0 saturated heterocycles. The molecule has 0 spiro atoms. The molecule has 0 aliphatic rings. The van der Waals surface area contributed by atoms with Gasteiger partial charge in [0.25, 0.3) is 0 Å². The molecule has 12 heavy (non-hydrogen) atoms. The minimum absolute atomic E-state index is 1.05. The smallest absolute Gasteiger partial charge is 0.0814 e. The van der Waals surface area contributed by atoms with Crippen molar-refractivity contribution in [2.75, 3.05) is 0 Å². The van der Waals surface area contributed by atoms with E-state index in [0.29, 0.717) is 0 Å². The summed E-state index contributed by atoms with van der Waals surface area (Å²) in [7, 11) is 0. The first-order valence-corrected chi connectivity index (χ1v) is 4.68. The fourth-order valence-electron chi connectivity index (χ4n) is 1.14. The van der Waals surface area contributed by atoms with Gasteiger partial charge >= 0.3 is 0 Å². The molecule has 2 heteroatoms. The van der Waals surface area contributed by atoms with Crippen LogP contribution in [0.1, 0.15) is 5.56 Å². The average Bonchev–Trinajstić information content (AvgIpc) is 2.57. The van der Waals surface area contributed by atoms with Gasteiger partial charge in [0.2, 0.25) is 0 Å². The zero-order valence-corrected chi connectivity index (χ0v) is 7.56. The van der Waals surface area contributed by atoms with E-state index >= 15 is 0 Å². The Hall–Kier alpha value is -1.15. The SMILES string of the molecule is Cc1[c]cccc1-c1cscn1. The van der Waals surface area contributed by atoms with Crippen molar-refractivity contribution in [1.82, 2.24) is 4.98 Å². The molecule has 2 rings (SSSR count). The first-order chi connectivity index (χ1) is 5.88. The molecule has 0 N–H and O–H groups in total. The first-order valence-electron chi connectivity index (χ1n) is 3.74. The summed E-state index contributed by atoms with van der Waals surface area (Å²) in [5, 5.41) is 2.05. The Morgan fingerprint density at radius 2 is 2.42 bits per heavy atom. The molecule has 0 fully saturated rings. The maximum Gasteiger partial charge on any atom is 0.0814 e. The van der Waals surface area contributed by atoms with Crippen LogP contribution in [-0.4, -0.2) is 4.98 Å². The lowest BCUT2D eigenvalue weighted by atomic mass is 10.1. The van der Waals surface area contributed by atoms with Crippen LogP contribution < -0.4 is 0 Å². The minimum atomic E-state index is 1.05. The second-order valence-corrected chi connectivity index (χ2v) is 3.30. The van der Waals surface area contributed by atoms with Crippen LogP contribution in [0.3, 0.4) is 0 Å². The van der Waals surface area contributed by atoms with Gasteiger partial charge < -0.3 is 0 Å². The molecule has 0 amide bonds. The fraction of sp³-hybridized carbons (Fsp3) is 0.100. The molecule has 0 saturated carbocycles. The Morgan fingerprint density at radius 1 is 1.50 bits per heavy atom. The summed E-state index contributed by atoms with van der Waals surface area (Å²) in [5.41, 5.74) is 5.23. The molecule has 59 valence electrons. The lowest BCUT2D eigenvalue weighted by Crippen LogP contribution is -1.81. The average molecular weight is 174 g/mol. The highest BCUT2D eigenvalue weighted by molar-refractivity contribution is 7.07. The van der Waals surface area contributed by atoms with Gasteiger partial charge in [-0.2, -0.15) is 0 Å². The number of aromatic nitrogens is 1. The number of hydrogen-bond donors (Lipinski definition) is 0. The van der Waals surface area contributed by atoms with E-state index in [1.54, 1.807) is 11.3 Å². The number of thiazole rings is 1. The highest BCUT2D eigenvalue weighted by atomic mass is 32.1. The highest BCUT2D eigenvalue weighted by Gasteiger charge is 2.01. The van der Waals surface area contributed by atoms with Crippen molar-refractivity contribution in [3.05, 3.63) is 40.7 Å². The summed E-state index contributed by atoms with van der Waals surface area (Å²) in [6.07, 6.45) is 0. The second kappa shape index (κ2) is 3.07. The molecular weight excluding hydrogens is 166 g/mol. The largest absolute Gasteiger partial charge is 0.245 e. The molecule has 0 unspecified atom stereocenters. The van der Waals surface area contributed by atoms with Crippen LogP contribution in [0.5, 0.6) is 0 Å². The van der Waals surface area contributed by atoms with Crippen molar-refractivity contribution >= 4 is 11.3 Å². The van der Waals surface area contributed by atoms with Crippen LogP contribution in [0.2, 0.25) is 0 Å². The van der Waals surface area contributed by atoms with Crippen molar-refractivity contribution < 1.29 is 0 Å². The lowest BCUT2D eigenvalue weighted by molar-refractivity contribution is 1.37. The normalized spacial score (nSPS) is 10.1. The van der Waals surface area contributed by atoms with E-state index in [-0.39, 0.29) is 0 Å². The Balaban J connectivity index is 2.55. The van der Waals surface area contributed by atoms with E-state index in [1.165, 1.54) is 5.56 Å².